The van der Waals surface area contributed by atoms with Gasteiger partial charge in [0.2, 0.25) is 11.8 Å². The summed E-state index contributed by atoms with van der Waals surface area (Å²) < 4.78 is 11.0. The Hall–Kier alpha value is -2.73. The van der Waals surface area contributed by atoms with Crippen LogP contribution < -0.4 is 20.1 Å². The molecule has 7 heteroatoms. The zero-order valence-electron chi connectivity index (χ0n) is 13.8. The van der Waals surface area contributed by atoms with Gasteiger partial charge in [0.15, 0.2) is 11.5 Å². The molecule has 1 aliphatic heterocycles. The van der Waals surface area contributed by atoms with Gasteiger partial charge in [-0.15, -0.1) is 0 Å². The van der Waals surface area contributed by atoms with E-state index in [4.69, 9.17) is 21.1 Å². The highest BCUT2D eigenvalue weighted by atomic mass is 35.5. The maximum absolute atomic E-state index is 12.4. The number of benzene rings is 2. The van der Waals surface area contributed by atoms with Crippen LogP contribution in [0.1, 0.15) is 6.42 Å². The lowest BCUT2D eigenvalue weighted by atomic mass is 10.2. The average Bonchev–Trinajstić information content (AvgIpc) is 3.43. The molecule has 2 atom stereocenters. The van der Waals surface area contributed by atoms with Gasteiger partial charge >= 0.3 is 0 Å². The Labute approximate surface area is 155 Å². The van der Waals surface area contributed by atoms with E-state index in [1.165, 1.54) is 0 Å². The molecule has 2 amide bonds. The molecule has 0 spiro atoms. The fraction of sp³-hybridized carbons (Fsp3) is 0.263. The van der Waals surface area contributed by atoms with E-state index in [-0.39, 0.29) is 23.7 Å². The largest absolute Gasteiger partial charge is 0.486 e. The number of halogens is 1. The molecule has 4 rings (SSSR count). The average molecular weight is 373 g/mol. The third-order valence-electron chi connectivity index (χ3n) is 4.37. The first-order chi connectivity index (χ1) is 12.6. The van der Waals surface area contributed by atoms with E-state index in [1.54, 1.807) is 42.5 Å². The van der Waals surface area contributed by atoms with E-state index in [0.29, 0.717) is 47.5 Å². The van der Waals surface area contributed by atoms with E-state index >= 15 is 0 Å². The Morgan fingerprint density at radius 2 is 1.54 bits per heavy atom. The minimum Gasteiger partial charge on any atom is -0.486 e. The fourth-order valence-corrected chi connectivity index (χ4v) is 3.12. The van der Waals surface area contributed by atoms with Crippen LogP contribution >= 0.6 is 11.6 Å². The number of amides is 2. The molecule has 1 fully saturated rings. The van der Waals surface area contributed by atoms with Crippen molar-refractivity contribution < 1.29 is 19.1 Å². The summed E-state index contributed by atoms with van der Waals surface area (Å²) in [5.74, 6) is 0.274. The first-order valence-corrected chi connectivity index (χ1v) is 8.75. The minimum absolute atomic E-state index is 0.172. The number of hydrogen-bond acceptors (Lipinski definition) is 4. The maximum Gasteiger partial charge on any atom is 0.228 e. The van der Waals surface area contributed by atoms with Crippen molar-refractivity contribution >= 4 is 34.8 Å². The number of nitrogens with one attached hydrogen (secondary N) is 2. The number of fused-ring (bicyclic) bond motifs is 1. The molecule has 0 saturated heterocycles. The van der Waals surface area contributed by atoms with E-state index in [9.17, 15) is 9.59 Å². The van der Waals surface area contributed by atoms with Gasteiger partial charge in [-0.2, -0.15) is 0 Å². The topological polar surface area (TPSA) is 76.7 Å². The van der Waals surface area contributed by atoms with Crippen molar-refractivity contribution in [2.75, 3.05) is 23.8 Å². The summed E-state index contributed by atoms with van der Waals surface area (Å²) >= 11 is 5.91. The number of anilines is 2. The standard InChI is InChI=1S/C19H17ClN2O4/c20-11-2-1-3-12(8-11)21-18(23)14-10-15(14)19(24)22-13-4-5-16-17(9-13)26-7-6-25-16/h1-5,8-9,14-15H,6-7,10H2,(H,21,23)(H,22,24). The van der Waals surface area contributed by atoms with Crippen molar-refractivity contribution in [1.82, 2.24) is 0 Å². The van der Waals surface area contributed by atoms with E-state index in [2.05, 4.69) is 10.6 Å². The summed E-state index contributed by atoms with van der Waals surface area (Å²) in [5, 5.41) is 6.18. The van der Waals surface area contributed by atoms with Crippen molar-refractivity contribution in [3.8, 4) is 11.5 Å². The Balaban J connectivity index is 1.34. The zero-order chi connectivity index (χ0) is 18.1. The molecule has 2 aromatic carbocycles. The molecule has 2 unspecified atom stereocenters. The molecule has 2 aromatic rings. The molecule has 0 radical (unpaired) electrons. The van der Waals surface area contributed by atoms with Crippen molar-refractivity contribution in [3.63, 3.8) is 0 Å². The normalized spacial score (nSPS) is 20.2. The number of rotatable bonds is 4. The van der Waals surface area contributed by atoms with Crippen LogP contribution in [0.3, 0.4) is 0 Å². The summed E-state index contributed by atoms with van der Waals surface area (Å²) in [4.78, 5) is 24.7. The SMILES string of the molecule is O=C(Nc1cccc(Cl)c1)C1CC1C(=O)Nc1ccc2c(c1)OCCO2. The zero-order valence-corrected chi connectivity index (χ0v) is 14.6. The van der Waals surface area contributed by atoms with Gasteiger partial charge in [0, 0.05) is 22.5 Å². The molecule has 26 heavy (non-hydrogen) atoms. The lowest BCUT2D eigenvalue weighted by Gasteiger charge is -2.19. The van der Waals surface area contributed by atoms with Crippen LogP contribution in [0.4, 0.5) is 11.4 Å². The van der Waals surface area contributed by atoms with Gasteiger partial charge in [-0.1, -0.05) is 17.7 Å². The van der Waals surface area contributed by atoms with Crippen LogP contribution in [-0.4, -0.2) is 25.0 Å². The second kappa shape index (κ2) is 6.88. The summed E-state index contributed by atoms with van der Waals surface area (Å²) in [5.41, 5.74) is 1.25. The first-order valence-electron chi connectivity index (χ1n) is 8.37. The molecular formula is C19H17ClN2O4. The highest BCUT2D eigenvalue weighted by Gasteiger charge is 2.48. The number of hydrogen-bond donors (Lipinski definition) is 2. The number of carbonyl (C=O) groups is 2. The van der Waals surface area contributed by atoms with Crippen molar-refractivity contribution in [2.45, 2.75) is 6.42 Å². The molecule has 6 nitrogen and oxygen atoms in total. The second-order valence-corrected chi connectivity index (χ2v) is 6.73. The summed E-state index contributed by atoms with van der Waals surface area (Å²) in [7, 11) is 0. The van der Waals surface area contributed by atoms with Crippen LogP contribution in [-0.2, 0) is 9.59 Å². The van der Waals surface area contributed by atoms with Crippen molar-refractivity contribution in [2.24, 2.45) is 11.8 Å². The molecular weight excluding hydrogens is 356 g/mol. The van der Waals surface area contributed by atoms with E-state index in [0.717, 1.165) is 0 Å². The van der Waals surface area contributed by atoms with Crippen LogP contribution in [0.15, 0.2) is 42.5 Å². The fourth-order valence-electron chi connectivity index (χ4n) is 2.93. The quantitative estimate of drug-likeness (QED) is 0.863. The molecule has 0 aromatic heterocycles. The lowest BCUT2D eigenvalue weighted by Crippen LogP contribution is -2.21. The Morgan fingerprint density at radius 1 is 0.885 bits per heavy atom. The van der Waals surface area contributed by atoms with Crippen molar-refractivity contribution in [3.05, 3.63) is 47.5 Å². The van der Waals surface area contributed by atoms with Crippen LogP contribution in [0, 0.1) is 11.8 Å². The van der Waals surface area contributed by atoms with Crippen LogP contribution in [0.2, 0.25) is 5.02 Å². The first kappa shape index (κ1) is 16.7. The molecule has 1 saturated carbocycles. The molecule has 2 aliphatic rings. The van der Waals surface area contributed by atoms with Gasteiger partial charge in [0.05, 0.1) is 11.8 Å². The van der Waals surface area contributed by atoms with Gasteiger partial charge in [-0.3, -0.25) is 9.59 Å². The molecule has 2 N–H and O–H groups in total. The third-order valence-corrected chi connectivity index (χ3v) is 4.60. The van der Waals surface area contributed by atoms with Gasteiger partial charge in [-0.05, 0) is 36.8 Å². The monoisotopic (exact) mass is 372 g/mol. The Bertz CT molecular complexity index is 870. The van der Waals surface area contributed by atoms with Crippen LogP contribution in [0.5, 0.6) is 11.5 Å². The van der Waals surface area contributed by atoms with E-state index in [1.807, 2.05) is 0 Å². The molecule has 134 valence electrons. The maximum atomic E-state index is 12.4. The van der Waals surface area contributed by atoms with Gasteiger partial charge in [-0.25, -0.2) is 0 Å². The smallest absolute Gasteiger partial charge is 0.228 e. The summed E-state index contributed by atoms with van der Waals surface area (Å²) in [6.07, 6.45) is 0.531. The van der Waals surface area contributed by atoms with Gasteiger partial charge in [0.1, 0.15) is 13.2 Å². The Morgan fingerprint density at radius 3 is 2.23 bits per heavy atom. The third kappa shape index (κ3) is 3.60. The van der Waals surface area contributed by atoms with Crippen molar-refractivity contribution in [1.29, 1.82) is 0 Å². The second-order valence-electron chi connectivity index (χ2n) is 6.30. The number of ether oxygens (including phenoxy) is 2. The summed E-state index contributed by atoms with van der Waals surface area (Å²) in [6, 6.07) is 12.2. The lowest BCUT2D eigenvalue weighted by molar-refractivity contribution is -0.122. The minimum atomic E-state index is -0.331. The predicted molar refractivity (Wildman–Crippen MR) is 97.7 cm³/mol. The molecule has 1 aliphatic carbocycles. The number of carbonyl (C=O) groups excluding carboxylic acids is 2. The molecule has 0 bridgehead atoms. The highest BCUT2D eigenvalue weighted by Crippen LogP contribution is 2.41. The molecule has 1 heterocycles. The van der Waals surface area contributed by atoms with Gasteiger partial charge in [0.25, 0.3) is 0 Å². The summed E-state index contributed by atoms with van der Waals surface area (Å²) in [6.45, 7) is 1.00. The van der Waals surface area contributed by atoms with Crippen LogP contribution in [0.25, 0.3) is 0 Å². The van der Waals surface area contributed by atoms with E-state index < -0.39 is 0 Å². The van der Waals surface area contributed by atoms with Gasteiger partial charge < -0.3 is 20.1 Å². The Kier molecular flexibility index (Phi) is 4.42. The highest BCUT2D eigenvalue weighted by molar-refractivity contribution is 6.30. The predicted octanol–water partition coefficient (Wildman–Crippen LogP) is 3.32.